The van der Waals surface area contributed by atoms with Crippen molar-refractivity contribution in [3.05, 3.63) is 54.1 Å². The van der Waals surface area contributed by atoms with Gasteiger partial charge in [-0.15, -0.1) is 0 Å². The molecule has 0 fully saturated rings. The fourth-order valence-electron chi connectivity index (χ4n) is 1.48. The molecule has 0 aliphatic carbocycles. The number of nitrogens with zero attached hydrogens (tertiary/aromatic N) is 2. The van der Waals surface area contributed by atoms with Crippen LogP contribution in [0.5, 0.6) is 5.75 Å². The maximum atomic E-state index is 12.8. The van der Waals surface area contributed by atoms with Gasteiger partial charge in [0.05, 0.1) is 18.5 Å². The zero-order valence-electron chi connectivity index (χ0n) is 11.3. The topological polar surface area (TPSA) is 60.5 Å². The van der Waals surface area contributed by atoms with Crippen molar-refractivity contribution in [3.63, 3.8) is 0 Å². The highest BCUT2D eigenvalue weighted by atomic mass is 35.5. The van der Waals surface area contributed by atoms with Crippen LogP contribution < -0.4 is 22.9 Å². The number of pyridine rings is 1. The van der Waals surface area contributed by atoms with Crippen molar-refractivity contribution in [1.82, 2.24) is 4.98 Å². The molecule has 0 aliphatic rings. The predicted octanol–water partition coefficient (Wildman–Crippen LogP) is 0.113. The van der Waals surface area contributed by atoms with E-state index in [2.05, 4.69) is 9.98 Å². The molecule has 0 spiro atoms. The lowest BCUT2D eigenvalue weighted by atomic mass is 10.3. The lowest BCUT2D eigenvalue weighted by Gasteiger charge is -2.03. The molecule has 2 N–H and O–H groups in total. The van der Waals surface area contributed by atoms with Crippen molar-refractivity contribution in [2.24, 2.45) is 10.7 Å². The number of aliphatic imine (C=N–C) groups is 1. The van der Waals surface area contributed by atoms with Gasteiger partial charge in [0.2, 0.25) is 0 Å². The summed E-state index contributed by atoms with van der Waals surface area (Å²) in [6.07, 6.45) is 1.68. The van der Waals surface area contributed by atoms with E-state index in [-0.39, 0.29) is 18.2 Å². The van der Waals surface area contributed by atoms with Gasteiger partial charge in [0, 0.05) is 18.0 Å². The van der Waals surface area contributed by atoms with Gasteiger partial charge in [-0.25, -0.2) is 9.38 Å². The number of thioether (sulfide) groups is 1. The summed E-state index contributed by atoms with van der Waals surface area (Å²) in [4.78, 5) is 8.41. The van der Waals surface area contributed by atoms with E-state index in [0.717, 1.165) is 11.4 Å². The van der Waals surface area contributed by atoms with E-state index in [1.54, 1.807) is 31.5 Å². The smallest absolute Gasteiger partial charge is 0.159 e. The number of halogens is 2. The van der Waals surface area contributed by atoms with Gasteiger partial charge < -0.3 is 22.9 Å². The Kier molecular flexibility index (Phi) is 6.98. The number of aromatic nitrogens is 1. The van der Waals surface area contributed by atoms with Crippen LogP contribution in [-0.4, -0.2) is 17.3 Å². The summed E-state index contributed by atoms with van der Waals surface area (Å²) in [6, 6.07) is 9.47. The van der Waals surface area contributed by atoms with Crippen LogP contribution in [0.15, 0.2) is 47.6 Å². The molecule has 0 bridgehead atoms. The van der Waals surface area contributed by atoms with Crippen molar-refractivity contribution in [2.75, 3.05) is 7.11 Å². The minimum absolute atomic E-state index is 0. The van der Waals surface area contributed by atoms with Gasteiger partial charge in [0.15, 0.2) is 5.17 Å². The molecule has 0 atom stereocenters. The zero-order valence-corrected chi connectivity index (χ0v) is 12.9. The van der Waals surface area contributed by atoms with Gasteiger partial charge in [0.1, 0.15) is 11.6 Å². The first-order chi connectivity index (χ1) is 9.67. The zero-order chi connectivity index (χ0) is 14.4. The molecule has 0 aliphatic heterocycles. The summed E-state index contributed by atoms with van der Waals surface area (Å²) >= 11 is 1.36. The predicted molar refractivity (Wildman–Crippen MR) is 79.8 cm³/mol. The number of ether oxygens (including phenoxy) is 1. The van der Waals surface area contributed by atoms with Crippen LogP contribution in [-0.2, 0) is 5.75 Å². The van der Waals surface area contributed by atoms with Crippen molar-refractivity contribution in [1.29, 1.82) is 0 Å². The van der Waals surface area contributed by atoms with E-state index in [4.69, 9.17) is 10.5 Å². The highest BCUT2D eigenvalue weighted by molar-refractivity contribution is 8.13. The molecule has 2 rings (SSSR count). The Labute approximate surface area is 133 Å². The van der Waals surface area contributed by atoms with Crippen LogP contribution in [0.25, 0.3) is 0 Å². The molecule has 0 saturated carbocycles. The first-order valence-electron chi connectivity index (χ1n) is 5.89. The molecule has 1 heterocycles. The number of methoxy groups -OCH3 is 1. The quantitative estimate of drug-likeness (QED) is 0.640. The molecule has 4 nitrogen and oxygen atoms in total. The van der Waals surface area contributed by atoms with Gasteiger partial charge in [-0.2, -0.15) is 0 Å². The number of nitrogens with two attached hydrogens (primary N) is 1. The monoisotopic (exact) mass is 326 g/mol. The van der Waals surface area contributed by atoms with E-state index in [1.807, 2.05) is 6.07 Å². The normalized spacial score (nSPS) is 10.9. The molecule has 0 amide bonds. The van der Waals surface area contributed by atoms with Crippen LogP contribution in [0.3, 0.4) is 0 Å². The lowest BCUT2D eigenvalue weighted by molar-refractivity contribution is -0.00000520. The SMILES string of the molecule is COc1ccnc(CSC(N)=Nc2ccc(F)cc2)c1.[Cl-]. The summed E-state index contributed by atoms with van der Waals surface area (Å²) in [7, 11) is 1.61. The van der Waals surface area contributed by atoms with E-state index < -0.39 is 0 Å². The van der Waals surface area contributed by atoms with Gasteiger partial charge >= 0.3 is 0 Å². The third kappa shape index (κ3) is 5.61. The molecule has 2 aromatic rings. The molecular weight excluding hydrogens is 313 g/mol. The van der Waals surface area contributed by atoms with Crippen LogP contribution in [0.4, 0.5) is 10.1 Å². The van der Waals surface area contributed by atoms with Gasteiger partial charge in [0.25, 0.3) is 0 Å². The third-order valence-electron chi connectivity index (χ3n) is 2.46. The fourth-order valence-corrected chi connectivity index (χ4v) is 2.11. The van der Waals surface area contributed by atoms with E-state index >= 15 is 0 Å². The maximum absolute atomic E-state index is 12.8. The minimum atomic E-state index is -0.296. The third-order valence-corrected chi connectivity index (χ3v) is 3.28. The van der Waals surface area contributed by atoms with Gasteiger partial charge in [-0.05, 0) is 30.3 Å². The van der Waals surface area contributed by atoms with Crippen LogP contribution in [0, 0.1) is 5.82 Å². The Balaban J connectivity index is 0.00000220. The van der Waals surface area contributed by atoms with Gasteiger partial charge in [-0.1, -0.05) is 11.8 Å². The second kappa shape index (κ2) is 8.49. The Hall–Kier alpha value is -1.79. The lowest BCUT2D eigenvalue weighted by Crippen LogP contribution is -3.00. The summed E-state index contributed by atoms with van der Waals surface area (Å²) in [5.74, 6) is 1.05. The Morgan fingerprint density at radius 1 is 1.33 bits per heavy atom. The van der Waals surface area contributed by atoms with E-state index in [1.165, 1.54) is 23.9 Å². The number of hydrogen-bond donors (Lipinski definition) is 1. The van der Waals surface area contributed by atoms with Gasteiger partial charge in [-0.3, -0.25) is 4.98 Å². The maximum Gasteiger partial charge on any atom is 0.159 e. The first-order valence-corrected chi connectivity index (χ1v) is 6.87. The summed E-state index contributed by atoms with van der Waals surface area (Å²) in [5.41, 5.74) is 7.30. The number of hydrogen-bond acceptors (Lipinski definition) is 4. The molecule has 0 radical (unpaired) electrons. The summed E-state index contributed by atoms with van der Waals surface area (Å²) in [6.45, 7) is 0. The standard InChI is InChI=1S/C14H14FN3OS.ClH/c1-19-13-6-7-17-12(8-13)9-20-14(16)18-11-4-2-10(15)3-5-11;/h2-8H,9H2,1H3,(H2,16,18);1H/p-1. The van der Waals surface area contributed by atoms with Crippen molar-refractivity contribution >= 4 is 22.6 Å². The first kappa shape index (κ1) is 17.3. The van der Waals surface area contributed by atoms with Crippen LogP contribution in [0.1, 0.15) is 5.69 Å². The highest BCUT2D eigenvalue weighted by Gasteiger charge is 2.01. The van der Waals surface area contributed by atoms with Crippen molar-refractivity contribution in [3.8, 4) is 5.75 Å². The molecule has 7 heteroatoms. The molecule has 112 valence electrons. The van der Waals surface area contributed by atoms with E-state index in [0.29, 0.717) is 16.6 Å². The molecule has 1 aromatic heterocycles. The number of amidine groups is 1. The highest BCUT2D eigenvalue weighted by Crippen LogP contribution is 2.18. The van der Waals surface area contributed by atoms with Crippen molar-refractivity contribution < 1.29 is 21.5 Å². The summed E-state index contributed by atoms with van der Waals surface area (Å²) < 4.78 is 17.9. The molecule has 21 heavy (non-hydrogen) atoms. The average Bonchev–Trinajstić information content (AvgIpc) is 2.48. The Morgan fingerprint density at radius 2 is 2.05 bits per heavy atom. The second-order valence-corrected chi connectivity index (χ2v) is 4.90. The van der Waals surface area contributed by atoms with Crippen molar-refractivity contribution in [2.45, 2.75) is 5.75 Å². The molecule has 0 unspecified atom stereocenters. The fraction of sp³-hybridized carbons (Fsp3) is 0.143. The minimum Gasteiger partial charge on any atom is -1.00 e. The molecule has 0 saturated heterocycles. The molecular formula is C14H14ClFN3OS-. The number of rotatable bonds is 4. The Bertz CT molecular complexity index is 607. The van der Waals surface area contributed by atoms with E-state index in [9.17, 15) is 4.39 Å². The van der Waals surface area contributed by atoms with Crippen LogP contribution in [0.2, 0.25) is 0 Å². The summed E-state index contributed by atoms with van der Waals surface area (Å²) in [5, 5.41) is 0.404. The Morgan fingerprint density at radius 3 is 2.71 bits per heavy atom. The number of benzene rings is 1. The average molecular weight is 327 g/mol. The molecule has 1 aromatic carbocycles. The van der Waals surface area contributed by atoms with Crippen LogP contribution >= 0.6 is 11.8 Å². The second-order valence-electron chi connectivity index (χ2n) is 3.90. The largest absolute Gasteiger partial charge is 1.00 e.